The molecule has 0 aromatic heterocycles. The highest BCUT2D eigenvalue weighted by Crippen LogP contribution is 2.20. The molecule has 2 N–H and O–H groups in total. The fraction of sp³-hybridized carbons (Fsp3) is 0.364. The summed E-state index contributed by atoms with van der Waals surface area (Å²) in [4.78, 5) is 10.5. The number of hydrogen-bond acceptors (Lipinski definition) is 4. The van der Waals surface area contributed by atoms with Gasteiger partial charge in [0, 0.05) is 17.9 Å². The molecule has 0 heterocycles. The van der Waals surface area contributed by atoms with Crippen LogP contribution in [0.25, 0.3) is 0 Å². The second kappa shape index (κ2) is 6.36. The summed E-state index contributed by atoms with van der Waals surface area (Å²) >= 11 is 1.46. The van der Waals surface area contributed by atoms with E-state index in [4.69, 9.17) is 5.11 Å². The molecule has 0 aliphatic carbocycles. The Balaban J connectivity index is 3.21. The number of halogens is 1. The molecule has 1 aromatic rings. The lowest BCUT2D eigenvalue weighted by Gasteiger charge is -2.10. The van der Waals surface area contributed by atoms with Crippen LogP contribution in [0.2, 0.25) is 0 Å². The summed E-state index contributed by atoms with van der Waals surface area (Å²) in [5.74, 6) is -1.66. The number of carboxylic acid groups (broad SMARTS) is 1. The maximum absolute atomic E-state index is 13.6. The average Bonchev–Trinajstić information content (AvgIpc) is 2.32. The third-order valence-electron chi connectivity index (χ3n) is 2.43. The zero-order chi connectivity index (χ0) is 14.6. The number of carboxylic acids is 1. The second-order valence-corrected chi connectivity index (χ2v) is 6.50. The first kappa shape index (κ1) is 15.9. The van der Waals surface area contributed by atoms with Crippen LogP contribution < -0.4 is 4.72 Å². The van der Waals surface area contributed by atoms with E-state index < -0.39 is 27.4 Å². The van der Waals surface area contributed by atoms with Crippen LogP contribution in [0, 0.1) is 12.7 Å². The number of rotatable bonds is 6. The Hall–Kier alpha value is -1.12. The van der Waals surface area contributed by atoms with E-state index in [2.05, 4.69) is 4.72 Å². The lowest BCUT2D eigenvalue weighted by molar-refractivity contribution is 0.0696. The molecule has 0 amide bonds. The maximum atomic E-state index is 13.6. The molecule has 0 saturated carbocycles. The number of thioether (sulfide) groups is 1. The van der Waals surface area contributed by atoms with Gasteiger partial charge in [-0.2, -0.15) is 11.8 Å². The minimum Gasteiger partial charge on any atom is -0.478 e. The first-order valence-corrected chi connectivity index (χ1v) is 8.19. The van der Waals surface area contributed by atoms with E-state index in [0.717, 1.165) is 12.1 Å². The highest BCUT2D eigenvalue weighted by Gasteiger charge is 2.21. The normalized spacial score (nSPS) is 11.5. The van der Waals surface area contributed by atoms with Crippen molar-refractivity contribution in [2.24, 2.45) is 0 Å². The molecular weight excluding hydrogens is 293 g/mol. The molecule has 1 aromatic carbocycles. The Morgan fingerprint density at radius 2 is 2.11 bits per heavy atom. The van der Waals surface area contributed by atoms with E-state index in [-0.39, 0.29) is 17.0 Å². The van der Waals surface area contributed by atoms with Gasteiger partial charge in [-0.05, 0) is 25.3 Å². The van der Waals surface area contributed by atoms with Crippen molar-refractivity contribution >= 4 is 27.8 Å². The molecule has 0 spiro atoms. The fourth-order valence-electron chi connectivity index (χ4n) is 1.41. The number of aromatic carboxylic acids is 1. The van der Waals surface area contributed by atoms with Gasteiger partial charge in [-0.15, -0.1) is 0 Å². The molecule has 0 aliphatic rings. The summed E-state index contributed by atoms with van der Waals surface area (Å²) in [6.07, 6.45) is 1.82. The molecule has 8 heteroatoms. The van der Waals surface area contributed by atoms with Crippen LogP contribution in [0.4, 0.5) is 4.39 Å². The Bertz CT molecular complexity index is 587. The average molecular weight is 307 g/mol. The Morgan fingerprint density at radius 3 is 2.63 bits per heavy atom. The summed E-state index contributed by atoms with van der Waals surface area (Å²) in [6.45, 7) is 1.49. The first-order valence-electron chi connectivity index (χ1n) is 5.31. The van der Waals surface area contributed by atoms with Gasteiger partial charge in [-0.3, -0.25) is 0 Å². The van der Waals surface area contributed by atoms with Crippen LogP contribution in [0.1, 0.15) is 15.9 Å². The number of nitrogens with one attached hydrogen (secondary N) is 1. The van der Waals surface area contributed by atoms with Crippen LogP contribution in [-0.4, -0.2) is 38.0 Å². The van der Waals surface area contributed by atoms with Crippen LogP contribution in [0.5, 0.6) is 0 Å². The van der Waals surface area contributed by atoms with Crippen LogP contribution in [0.3, 0.4) is 0 Å². The van der Waals surface area contributed by atoms with E-state index in [0.29, 0.717) is 5.75 Å². The van der Waals surface area contributed by atoms with Gasteiger partial charge in [0.2, 0.25) is 10.0 Å². The van der Waals surface area contributed by atoms with Crippen LogP contribution >= 0.6 is 11.8 Å². The lowest BCUT2D eigenvalue weighted by Crippen LogP contribution is -2.27. The zero-order valence-corrected chi connectivity index (χ0v) is 12.1. The van der Waals surface area contributed by atoms with Gasteiger partial charge in [0.05, 0.1) is 10.5 Å². The third kappa shape index (κ3) is 3.92. The summed E-state index contributed by atoms with van der Waals surface area (Å²) < 4.78 is 39.8. The fourth-order valence-corrected chi connectivity index (χ4v) is 3.16. The third-order valence-corrected chi connectivity index (χ3v) is 4.63. The quantitative estimate of drug-likeness (QED) is 0.778. The molecule has 5 nitrogen and oxygen atoms in total. The van der Waals surface area contributed by atoms with Gasteiger partial charge < -0.3 is 5.11 Å². The molecule has 0 aliphatic heterocycles. The second-order valence-electron chi connectivity index (χ2n) is 3.78. The summed E-state index contributed by atoms with van der Waals surface area (Å²) in [5, 5.41) is 8.82. The van der Waals surface area contributed by atoms with Gasteiger partial charge in [0.1, 0.15) is 5.82 Å². The Morgan fingerprint density at radius 1 is 1.47 bits per heavy atom. The predicted molar refractivity (Wildman–Crippen MR) is 71.7 cm³/mol. The van der Waals surface area contributed by atoms with Crippen molar-refractivity contribution in [1.29, 1.82) is 0 Å². The van der Waals surface area contributed by atoms with E-state index in [9.17, 15) is 17.6 Å². The molecule has 106 valence electrons. The van der Waals surface area contributed by atoms with Gasteiger partial charge in [-0.1, -0.05) is 0 Å². The zero-order valence-electron chi connectivity index (χ0n) is 10.4. The number of carbonyl (C=O) groups is 1. The van der Waals surface area contributed by atoms with Gasteiger partial charge in [-0.25, -0.2) is 22.3 Å². The van der Waals surface area contributed by atoms with E-state index in [1.165, 1.54) is 18.7 Å². The molecule has 0 fully saturated rings. The molecular formula is C11H14FNO4S2. The smallest absolute Gasteiger partial charge is 0.335 e. The molecule has 0 unspecified atom stereocenters. The largest absolute Gasteiger partial charge is 0.478 e. The molecule has 0 saturated heterocycles. The number of sulfonamides is 1. The summed E-state index contributed by atoms with van der Waals surface area (Å²) in [6, 6.07) is 1.76. The van der Waals surface area contributed by atoms with Gasteiger partial charge in [0.25, 0.3) is 0 Å². The van der Waals surface area contributed by atoms with E-state index in [1.54, 1.807) is 0 Å². The SMILES string of the molecule is CSCCNS(=O)(=O)c1cc(C(=O)O)cc(F)c1C. The highest BCUT2D eigenvalue weighted by molar-refractivity contribution is 7.98. The van der Waals surface area contributed by atoms with Crippen molar-refractivity contribution in [3.8, 4) is 0 Å². The van der Waals surface area contributed by atoms with Crippen molar-refractivity contribution in [2.45, 2.75) is 11.8 Å². The summed E-state index contributed by atoms with van der Waals surface area (Å²) in [7, 11) is -3.91. The monoisotopic (exact) mass is 307 g/mol. The van der Waals surface area contributed by atoms with E-state index >= 15 is 0 Å². The number of hydrogen-bond donors (Lipinski definition) is 2. The lowest BCUT2D eigenvalue weighted by atomic mass is 10.1. The first-order chi connectivity index (χ1) is 8.79. The molecule has 0 atom stereocenters. The van der Waals surface area contributed by atoms with Crippen molar-refractivity contribution < 1.29 is 22.7 Å². The maximum Gasteiger partial charge on any atom is 0.335 e. The van der Waals surface area contributed by atoms with Crippen molar-refractivity contribution in [1.82, 2.24) is 4.72 Å². The number of benzene rings is 1. The van der Waals surface area contributed by atoms with Crippen LogP contribution in [0.15, 0.2) is 17.0 Å². The highest BCUT2D eigenvalue weighted by atomic mass is 32.2. The van der Waals surface area contributed by atoms with Gasteiger partial charge in [0.15, 0.2) is 0 Å². The minimum absolute atomic E-state index is 0.0957. The topological polar surface area (TPSA) is 83.5 Å². The molecule has 0 radical (unpaired) electrons. The van der Waals surface area contributed by atoms with Gasteiger partial charge >= 0.3 is 5.97 Å². The molecule has 19 heavy (non-hydrogen) atoms. The Kier molecular flexibility index (Phi) is 5.33. The van der Waals surface area contributed by atoms with E-state index in [1.807, 2.05) is 6.26 Å². The molecule has 0 bridgehead atoms. The molecule has 1 rings (SSSR count). The minimum atomic E-state index is -3.91. The van der Waals surface area contributed by atoms with Crippen molar-refractivity contribution in [2.75, 3.05) is 18.6 Å². The van der Waals surface area contributed by atoms with Crippen LogP contribution in [-0.2, 0) is 10.0 Å². The predicted octanol–water partition coefficient (Wildman–Crippen LogP) is 1.47. The standard InChI is InChI=1S/C11H14FNO4S2/c1-7-9(12)5-8(11(14)15)6-10(7)19(16,17)13-3-4-18-2/h5-6,13H,3-4H2,1-2H3,(H,14,15). The summed E-state index contributed by atoms with van der Waals surface area (Å²) in [5.41, 5.74) is -0.491. The Labute approximate surface area is 115 Å². The van der Waals surface area contributed by atoms with Crippen molar-refractivity contribution in [3.63, 3.8) is 0 Å². The van der Waals surface area contributed by atoms with Crippen molar-refractivity contribution in [3.05, 3.63) is 29.1 Å².